The Morgan fingerprint density at radius 1 is 1.18 bits per heavy atom. The first-order valence-corrected chi connectivity index (χ1v) is 11.2. The number of carbonyl (C=O) groups excluding carboxylic acids is 2. The number of fused-ring (bicyclic) bond motifs is 1. The third-order valence-electron chi connectivity index (χ3n) is 5.93. The number of likely N-dealkylation sites (tertiary alicyclic amines) is 1. The largest absolute Gasteiger partial charge is 0.507 e. The highest BCUT2D eigenvalue weighted by molar-refractivity contribution is 6.46. The topological polar surface area (TPSA) is 85.3 Å². The number of aliphatic hydroxyl groups is 1. The van der Waals surface area contributed by atoms with Crippen molar-refractivity contribution in [3.8, 4) is 11.5 Å². The smallest absolute Gasteiger partial charge is 0.295 e. The monoisotopic (exact) mass is 451 g/mol. The number of Topliss-reactive ketones (excluding diaryl/α,β-unsaturated/α-hetero) is 1. The van der Waals surface area contributed by atoms with Crippen molar-refractivity contribution in [1.82, 2.24) is 4.90 Å². The molecule has 0 radical (unpaired) electrons. The predicted molar refractivity (Wildman–Crippen MR) is 123 cm³/mol. The summed E-state index contributed by atoms with van der Waals surface area (Å²) in [6.45, 7) is 5.30. The molecule has 2 aliphatic rings. The lowest BCUT2D eigenvalue weighted by Gasteiger charge is -2.25. The molecular weight excluding hydrogens is 422 g/mol. The fourth-order valence-corrected chi connectivity index (χ4v) is 4.29. The summed E-state index contributed by atoms with van der Waals surface area (Å²) in [5.74, 6) is -0.0328. The molecule has 7 heteroatoms. The summed E-state index contributed by atoms with van der Waals surface area (Å²) in [5, 5.41) is 11.2. The summed E-state index contributed by atoms with van der Waals surface area (Å²) in [7, 11) is 1.58. The number of benzene rings is 2. The Kier molecular flexibility index (Phi) is 6.70. The lowest BCUT2D eigenvalue weighted by Crippen LogP contribution is -2.31. The van der Waals surface area contributed by atoms with Crippen LogP contribution < -0.4 is 9.47 Å². The second kappa shape index (κ2) is 9.67. The molecule has 0 spiro atoms. The molecule has 1 atom stereocenters. The van der Waals surface area contributed by atoms with Gasteiger partial charge in [0.1, 0.15) is 17.3 Å². The molecule has 2 aromatic rings. The van der Waals surface area contributed by atoms with Gasteiger partial charge < -0.3 is 24.2 Å². The molecule has 0 aromatic heterocycles. The summed E-state index contributed by atoms with van der Waals surface area (Å²) in [4.78, 5) is 27.7. The van der Waals surface area contributed by atoms with Gasteiger partial charge in [-0.05, 0) is 61.7 Å². The number of rotatable bonds is 8. The van der Waals surface area contributed by atoms with E-state index in [0.29, 0.717) is 37.5 Å². The van der Waals surface area contributed by atoms with E-state index in [1.807, 2.05) is 32.0 Å². The maximum absolute atomic E-state index is 13.1. The highest BCUT2D eigenvalue weighted by Gasteiger charge is 2.45. The molecular formula is C26H29NO6. The van der Waals surface area contributed by atoms with Crippen LogP contribution in [0, 0.1) is 0 Å². The molecule has 1 unspecified atom stereocenters. The third kappa shape index (κ3) is 4.59. The van der Waals surface area contributed by atoms with Crippen LogP contribution in [-0.2, 0) is 20.7 Å². The molecule has 2 aliphatic heterocycles. The van der Waals surface area contributed by atoms with E-state index in [1.165, 1.54) is 4.90 Å². The van der Waals surface area contributed by atoms with Gasteiger partial charge in [-0.1, -0.05) is 12.1 Å². The molecule has 33 heavy (non-hydrogen) atoms. The number of ether oxygens (including phenoxy) is 3. The molecule has 0 saturated carbocycles. The Balaban J connectivity index is 1.73. The number of aliphatic hydroxyl groups excluding tert-OH is 1. The first-order chi connectivity index (χ1) is 15.9. The van der Waals surface area contributed by atoms with Crippen LogP contribution in [-0.4, -0.2) is 54.7 Å². The summed E-state index contributed by atoms with van der Waals surface area (Å²) < 4.78 is 16.4. The SMILES string of the molecule is COc1ccc(C2/C(=C(/O)c3ccc4c(c3)CCO4)C(=O)C(=O)N2CCCOC(C)C)cc1. The first kappa shape index (κ1) is 22.9. The molecule has 1 amide bonds. The Labute approximate surface area is 193 Å². The standard InChI is InChI=1S/C26H29NO6/c1-16(2)32-13-4-12-27-23(17-5-8-20(31-3)9-6-17)22(25(29)26(27)30)24(28)19-7-10-21-18(15-19)11-14-33-21/h5-10,15-16,23,28H,4,11-14H2,1-3H3/b24-22-. The van der Waals surface area contributed by atoms with Gasteiger partial charge in [0.05, 0.1) is 31.4 Å². The van der Waals surface area contributed by atoms with Gasteiger partial charge in [-0.2, -0.15) is 0 Å². The van der Waals surface area contributed by atoms with Crippen molar-refractivity contribution in [2.75, 3.05) is 26.9 Å². The van der Waals surface area contributed by atoms with Crippen LogP contribution >= 0.6 is 0 Å². The number of ketones is 1. The van der Waals surface area contributed by atoms with Crippen molar-refractivity contribution in [2.24, 2.45) is 0 Å². The van der Waals surface area contributed by atoms with Gasteiger partial charge in [-0.3, -0.25) is 9.59 Å². The van der Waals surface area contributed by atoms with Crippen molar-refractivity contribution in [3.05, 3.63) is 64.7 Å². The average molecular weight is 452 g/mol. The summed E-state index contributed by atoms with van der Waals surface area (Å²) in [6.07, 6.45) is 1.40. The van der Waals surface area contributed by atoms with E-state index in [2.05, 4.69) is 0 Å². The van der Waals surface area contributed by atoms with Crippen molar-refractivity contribution >= 4 is 17.4 Å². The van der Waals surface area contributed by atoms with Crippen LogP contribution in [0.25, 0.3) is 5.76 Å². The Morgan fingerprint density at radius 2 is 1.94 bits per heavy atom. The van der Waals surface area contributed by atoms with E-state index in [1.54, 1.807) is 31.4 Å². The first-order valence-electron chi connectivity index (χ1n) is 11.2. The van der Waals surface area contributed by atoms with Crippen LogP contribution in [0.3, 0.4) is 0 Å². The number of nitrogens with zero attached hydrogens (tertiary/aromatic N) is 1. The van der Waals surface area contributed by atoms with Crippen LogP contribution in [0.1, 0.15) is 43.0 Å². The van der Waals surface area contributed by atoms with Crippen LogP contribution in [0.2, 0.25) is 0 Å². The Bertz CT molecular complexity index is 1070. The Morgan fingerprint density at radius 3 is 2.64 bits per heavy atom. The number of carbonyl (C=O) groups is 2. The van der Waals surface area contributed by atoms with E-state index in [4.69, 9.17) is 14.2 Å². The molecule has 0 bridgehead atoms. The maximum atomic E-state index is 13.1. The van der Waals surface area contributed by atoms with Crippen molar-refractivity contribution in [3.63, 3.8) is 0 Å². The van der Waals surface area contributed by atoms with Gasteiger partial charge in [0.15, 0.2) is 0 Å². The number of hydrogen-bond acceptors (Lipinski definition) is 6. The van der Waals surface area contributed by atoms with Crippen molar-refractivity contribution in [1.29, 1.82) is 0 Å². The minimum absolute atomic E-state index is 0.0848. The molecule has 4 rings (SSSR count). The molecule has 1 saturated heterocycles. The lowest BCUT2D eigenvalue weighted by atomic mass is 9.94. The normalized spacial score (nSPS) is 19.2. The van der Waals surface area contributed by atoms with Gasteiger partial charge in [-0.25, -0.2) is 0 Å². The number of methoxy groups -OCH3 is 1. The van der Waals surface area contributed by atoms with Gasteiger partial charge in [0.2, 0.25) is 0 Å². The molecule has 2 heterocycles. The van der Waals surface area contributed by atoms with E-state index in [0.717, 1.165) is 23.3 Å². The highest BCUT2D eigenvalue weighted by Crippen LogP contribution is 2.40. The fraction of sp³-hybridized carbons (Fsp3) is 0.385. The molecule has 0 aliphatic carbocycles. The third-order valence-corrected chi connectivity index (χ3v) is 5.93. The van der Waals surface area contributed by atoms with E-state index < -0.39 is 17.7 Å². The zero-order valence-corrected chi connectivity index (χ0v) is 19.2. The molecule has 1 N–H and O–H groups in total. The van der Waals surface area contributed by atoms with Crippen molar-refractivity contribution in [2.45, 2.75) is 38.8 Å². The van der Waals surface area contributed by atoms with E-state index >= 15 is 0 Å². The molecule has 2 aromatic carbocycles. The Hall–Kier alpha value is -3.32. The minimum atomic E-state index is -0.695. The van der Waals surface area contributed by atoms with E-state index in [-0.39, 0.29) is 17.4 Å². The van der Waals surface area contributed by atoms with E-state index in [9.17, 15) is 14.7 Å². The van der Waals surface area contributed by atoms with Gasteiger partial charge in [-0.15, -0.1) is 0 Å². The average Bonchev–Trinajstić information content (AvgIpc) is 3.38. The lowest BCUT2D eigenvalue weighted by molar-refractivity contribution is -0.140. The van der Waals surface area contributed by atoms with Crippen LogP contribution in [0.15, 0.2) is 48.0 Å². The van der Waals surface area contributed by atoms with Crippen LogP contribution in [0.4, 0.5) is 0 Å². The summed E-state index contributed by atoms with van der Waals surface area (Å²) in [5.41, 5.74) is 2.29. The minimum Gasteiger partial charge on any atom is -0.507 e. The molecule has 1 fully saturated rings. The predicted octanol–water partition coefficient (Wildman–Crippen LogP) is 3.87. The van der Waals surface area contributed by atoms with Gasteiger partial charge >= 0.3 is 0 Å². The zero-order chi connectivity index (χ0) is 23.5. The molecule has 7 nitrogen and oxygen atoms in total. The fourth-order valence-electron chi connectivity index (χ4n) is 4.29. The van der Waals surface area contributed by atoms with Crippen molar-refractivity contribution < 1.29 is 28.9 Å². The van der Waals surface area contributed by atoms with Gasteiger partial charge in [0, 0.05) is 25.1 Å². The zero-order valence-electron chi connectivity index (χ0n) is 19.2. The second-order valence-electron chi connectivity index (χ2n) is 8.46. The van der Waals surface area contributed by atoms with Gasteiger partial charge in [0.25, 0.3) is 11.7 Å². The number of amides is 1. The quantitative estimate of drug-likeness (QED) is 0.284. The second-order valence-corrected chi connectivity index (χ2v) is 8.46. The summed E-state index contributed by atoms with van der Waals surface area (Å²) in [6, 6.07) is 11.8. The summed E-state index contributed by atoms with van der Waals surface area (Å²) >= 11 is 0. The highest BCUT2D eigenvalue weighted by atomic mass is 16.5. The molecule has 174 valence electrons. The number of hydrogen-bond donors (Lipinski definition) is 1. The van der Waals surface area contributed by atoms with Crippen LogP contribution in [0.5, 0.6) is 11.5 Å². The maximum Gasteiger partial charge on any atom is 0.295 e.